The van der Waals surface area contributed by atoms with Gasteiger partial charge in [0.1, 0.15) is 17.9 Å². The Morgan fingerprint density at radius 3 is 2.63 bits per heavy atom. The van der Waals surface area contributed by atoms with Gasteiger partial charge in [0.25, 0.3) is 5.91 Å². The minimum atomic E-state index is -0.201. The predicted molar refractivity (Wildman–Crippen MR) is 104 cm³/mol. The van der Waals surface area contributed by atoms with Crippen LogP contribution in [0.15, 0.2) is 30.6 Å². The Balaban J connectivity index is 1.61. The molecule has 0 saturated carbocycles. The van der Waals surface area contributed by atoms with E-state index in [0.29, 0.717) is 49.6 Å². The summed E-state index contributed by atoms with van der Waals surface area (Å²) in [4.78, 5) is 24.9. The first-order valence-electron chi connectivity index (χ1n) is 8.91. The molecule has 8 heteroatoms. The zero-order chi connectivity index (χ0) is 19.4. The Morgan fingerprint density at radius 1 is 1.22 bits per heavy atom. The SMILES string of the molecule is CC(C)COc1cc(N2CCN(C(=O)c3ccc(Cl)cc3O)CC2)ncn1. The first kappa shape index (κ1) is 19.2. The molecule has 2 heterocycles. The van der Waals surface area contributed by atoms with Crippen molar-refractivity contribution in [3.63, 3.8) is 0 Å². The zero-order valence-corrected chi connectivity index (χ0v) is 16.2. The average molecular weight is 391 g/mol. The van der Waals surface area contributed by atoms with Gasteiger partial charge in [0.05, 0.1) is 12.2 Å². The topological polar surface area (TPSA) is 78.8 Å². The Morgan fingerprint density at radius 2 is 1.96 bits per heavy atom. The van der Waals surface area contributed by atoms with Crippen molar-refractivity contribution in [2.75, 3.05) is 37.7 Å². The van der Waals surface area contributed by atoms with E-state index in [1.165, 1.54) is 12.4 Å². The van der Waals surface area contributed by atoms with E-state index in [1.54, 1.807) is 17.0 Å². The smallest absolute Gasteiger partial charge is 0.257 e. The molecule has 0 bridgehead atoms. The molecule has 1 aliphatic heterocycles. The van der Waals surface area contributed by atoms with E-state index in [1.807, 2.05) is 6.07 Å². The highest BCUT2D eigenvalue weighted by Crippen LogP contribution is 2.24. The summed E-state index contributed by atoms with van der Waals surface area (Å²) >= 11 is 5.83. The molecule has 2 aromatic rings. The minimum absolute atomic E-state index is 0.0994. The fourth-order valence-electron chi connectivity index (χ4n) is 2.83. The zero-order valence-electron chi connectivity index (χ0n) is 15.4. The maximum atomic E-state index is 12.6. The van der Waals surface area contributed by atoms with Crippen molar-refractivity contribution in [1.82, 2.24) is 14.9 Å². The number of phenolic OH excluding ortho intramolecular Hbond substituents is 1. The second-order valence-corrected chi connectivity index (χ2v) is 7.30. The van der Waals surface area contributed by atoms with Gasteiger partial charge in [-0.05, 0) is 24.1 Å². The molecule has 1 N–H and O–H groups in total. The molecule has 0 aliphatic carbocycles. The molecule has 0 radical (unpaired) electrons. The van der Waals surface area contributed by atoms with Crippen LogP contribution in [0.4, 0.5) is 5.82 Å². The van der Waals surface area contributed by atoms with Crippen molar-refractivity contribution < 1.29 is 14.6 Å². The van der Waals surface area contributed by atoms with Crippen molar-refractivity contribution >= 4 is 23.3 Å². The number of aromatic nitrogens is 2. The molecule has 0 unspecified atom stereocenters. The molecule has 1 saturated heterocycles. The van der Waals surface area contributed by atoms with Gasteiger partial charge in [-0.1, -0.05) is 25.4 Å². The fraction of sp³-hybridized carbons (Fsp3) is 0.421. The number of anilines is 1. The van der Waals surface area contributed by atoms with Crippen molar-refractivity contribution in [1.29, 1.82) is 0 Å². The number of rotatable bonds is 5. The van der Waals surface area contributed by atoms with Crippen molar-refractivity contribution in [2.45, 2.75) is 13.8 Å². The molecule has 1 aliphatic rings. The average Bonchev–Trinajstić information content (AvgIpc) is 2.66. The molecule has 0 spiro atoms. The molecule has 7 nitrogen and oxygen atoms in total. The Bertz CT molecular complexity index is 807. The van der Waals surface area contributed by atoms with Gasteiger partial charge in [0.2, 0.25) is 5.88 Å². The highest BCUT2D eigenvalue weighted by molar-refractivity contribution is 6.30. The molecule has 1 aromatic heterocycles. The first-order valence-corrected chi connectivity index (χ1v) is 9.29. The number of hydrogen-bond acceptors (Lipinski definition) is 6. The summed E-state index contributed by atoms with van der Waals surface area (Å²) in [6.45, 7) is 7.11. The number of aromatic hydroxyl groups is 1. The Labute approximate surface area is 163 Å². The van der Waals surface area contributed by atoms with Gasteiger partial charge in [0, 0.05) is 37.3 Å². The van der Waals surface area contributed by atoms with Crippen molar-refractivity contribution in [3.8, 4) is 11.6 Å². The van der Waals surface area contributed by atoms with E-state index in [2.05, 4.69) is 28.7 Å². The summed E-state index contributed by atoms with van der Waals surface area (Å²) in [6.07, 6.45) is 1.49. The lowest BCUT2D eigenvalue weighted by atomic mass is 10.1. The number of ether oxygens (including phenoxy) is 1. The molecule has 3 rings (SSSR count). The summed E-state index contributed by atoms with van der Waals surface area (Å²) in [5.41, 5.74) is 0.263. The molecule has 1 fully saturated rings. The van der Waals surface area contributed by atoms with Crippen LogP contribution in [0.5, 0.6) is 11.6 Å². The minimum Gasteiger partial charge on any atom is -0.507 e. The monoisotopic (exact) mass is 390 g/mol. The van der Waals surface area contributed by atoms with Crippen LogP contribution in [0, 0.1) is 5.92 Å². The van der Waals surface area contributed by atoms with Crippen molar-refractivity contribution in [2.24, 2.45) is 5.92 Å². The van der Waals surface area contributed by atoms with Crippen LogP contribution in [0.25, 0.3) is 0 Å². The van der Waals surface area contributed by atoms with E-state index >= 15 is 0 Å². The van der Waals surface area contributed by atoms with Gasteiger partial charge in [-0.25, -0.2) is 9.97 Å². The van der Waals surface area contributed by atoms with Gasteiger partial charge >= 0.3 is 0 Å². The number of phenols is 1. The number of carbonyl (C=O) groups is 1. The van der Waals surface area contributed by atoms with E-state index < -0.39 is 0 Å². The second-order valence-electron chi connectivity index (χ2n) is 6.86. The van der Waals surface area contributed by atoms with Crippen LogP contribution in [0.3, 0.4) is 0 Å². The van der Waals surface area contributed by atoms with Gasteiger partial charge < -0.3 is 19.6 Å². The third-order valence-corrected chi connectivity index (χ3v) is 4.51. The number of carbonyl (C=O) groups excluding carboxylic acids is 1. The molecule has 27 heavy (non-hydrogen) atoms. The lowest BCUT2D eigenvalue weighted by Gasteiger charge is -2.35. The number of nitrogens with zero attached hydrogens (tertiary/aromatic N) is 4. The quantitative estimate of drug-likeness (QED) is 0.845. The number of hydrogen-bond donors (Lipinski definition) is 1. The summed E-state index contributed by atoms with van der Waals surface area (Å²) in [7, 11) is 0. The van der Waals surface area contributed by atoms with Gasteiger partial charge in [-0.15, -0.1) is 0 Å². The standard InChI is InChI=1S/C19H23ClN4O3/c1-13(2)11-27-18-10-17(21-12-22-18)23-5-7-24(8-6-23)19(26)15-4-3-14(20)9-16(15)25/h3-4,9-10,12-13,25H,5-8,11H2,1-2H3. The number of benzene rings is 1. The summed E-state index contributed by atoms with van der Waals surface area (Å²) in [5, 5.41) is 10.4. The molecular formula is C19H23ClN4O3. The van der Waals surface area contributed by atoms with E-state index in [-0.39, 0.29) is 17.2 Å². The summed E-state index contributed by atoms with van der Waals surface area (Å²) in [5.74, 6) is 1.45. The molecule has 1 aromatic carbocycles. The van der Waals surface area contributed by atoms with Gasteiger partial charge in [-0.3, -0.25) is 4.79 Å². The molecule has 144 valence electrons. The molecular weight excluding hydrogens is 368 g/mol. The van der Waals surface area contributed by atoms with Gasteiger partial charge in [-0.2, -0.15) is 0 Å². The predicted octanol–water partition coefficient (Wildman–Crippen LogP) is 2.83. The van der Waals surface area contributed by atoms with Crippen LogP contribution in [-0.4, -0.2) is 58.7 Å². The maximum absolute atomic E-state index is 12.6. The normalized spacial score (nSPS) is 14.5. The highest BCUT2D eigenvalue weighted by atomic mass is 35.5. The van der Waals surface area contributed by atoms with Crippen LogP contribution in [0.2, 0.25) is 5.02 Å². The Kier molecular flexibility index (Phi) is 6.01. The van der Waals surface area contributed by atoms with E-state index in [0.717, 1.165) is 5.82 Å². The fourth-order valence-corrected chi connectivity index (χ4v) is 2.99. The maximum Gasteiger partial charge on any atom is 0.257 e. The van der Waals surface area contributed by atoms with Crippen LogP contribution < -0.4 is 9.64 Å². The van der Waals surface area contributed by atoms with Crippen LogP contribution in [-0.2, 0) is 0 Å². The van der Waals surface area contributed by atoms with Gasteiger partial charge in [0.15, 0.2) is 0 Å². The van der Waals surface area contributed by atoms with Crippen LogP contribution >= 0.6 is 11.6 Å². The summed E-state index contributed by atoms with van der Waals surface area (Å²) < 4.78 is 5.66. The second kappa shape index (κ2) is 8.43. The molecule has 1 amide bonds. The lowest BCUT2D eigenvalue weighted by Crippen LogP contribution is -2.49. The number of amides is 1. The number of piperazine rings is 1. The molecule has 0 atom stereocenters. The number of halogens is 1. The van der Waals surface area contributed by atoms with E-state index in [9.17, 15) is 9.90 Å². The highest BCUT2D eigenvalue weighted by Gasteiger charge is 2.25. The summed E-state index contributed by atoms with van der Waals surface area (Å²) in [6, 6.07) is 6.36. The largest absolute Gasteiger partial charge is 0.507 e. The van der Waals surface area contributed by atoms with Crippen molar-refractivity contribution in [3.05, 3.63) is 41.2 Å². The van der Waals surface area contributed by atoms with Crippen LogP contribution in [0.1, 0.15) is 24.2 Å². The van der Waals surface area contributed by atoms with E-state index in [4.69, 9.17) is 16.3 Å². The first-order chi connectivity index (χ1) is 12.9. The third-order valence-electron chi connectivity index (χ3n) is 4.27. The lowest BCUT2D eigenvalue weighted by molar-refractivity contribution is 0.0743. The third kappa shape index (κ3) is 4.80. The Hall–Kier alpha value is -2.54.